The molecule has 2 aromatic rings. The average Bonchev–Trinajstić information content (AvgIpc) is 3.32. The van der Waals surface area contributed by atoms with Gasteiger partial charge in [0.15, 0.2) is 5.78 Å². The van der Waals surface area contributed by atoms with Crippen molar-refractivity contribution in [3.8, 4) is 0 Å². The lowest BCUT2D eigenvalue weighted by molar-refractivity contribution is -0.158. The second kappa shape index (κ2) is 9.34. The van der Waals surface area contributed by atoms with E-state index in [4.69, 9.17) is 0 Å². The molecule has 2 fully saturated rings. The molecule has 1 heterocycles. The van der Waals surface area contributed by atoms with Crippen LogP contribution in [0.3, 0.4) is 0 Å². The van der Waals surface area contributed by atoms with Crippen LogP contribution in [-0.2, 0) is 16.1 Å². The number of hydrogen-bond acceptors (Lipinski definition) is 4. The molecule has 0 aromatic heterocycles. The van der Waals surface area contributed by atoms with Gasteiger partial charge in [-0.05, 0) is 49.6 Å². The number of carbonyl (C=O) groups is 4. The molecule has 7 heteroatoms. The van der Waals surface area contributed by atoms with E-state index in [9.17, 15) is 19.2 Å². The summed E-state index contributed by atoms with van der Waals surface area (Å²) in [5.74, 6) is -1.20. The van der Waals surface area contributed by atoms with Crippen molar-refractivity contribution in [3.05, 3.63) is 65.2 Å². The van der Waals surface area contributed by atoms with Gasteiger partial charge in [0.1, 0.15) is 0 Å². The maximum absolute atomic E-state index is 12.6. The Morgan fingerprint density at radius 2 is 1.66 bits per heavy atom. The van der Waals surface area contributed by atoms with Crippen LogP contribution in [-0.4, -0.2) is 52.4 Å². The number of piperazine rings is 1. The van der Waals surface area contributed by atoms with E-state index in [-0.39, 0.29) is 17.7 Å². The molecule has 0 spiro atoms. The zero-order chi connectivity index (χ0) is 22.7. The molecule has 1 N–H and O–H groups in total. The Balaban J connectivity index is 1.36. The Bertz CT molecular complexity index is 1040. The van der Waals surface area contributed by atoms with Crippen molar-refractivity contribution < 1.29 is 19.2 Å². The number of nitrogens with zero attached hydrogens (tertiary/aromatic N) is 2. The number of benzene rings is 2. The van der Waals surface area contributed by atoms with Crippen LogP contribution < -0.4 is 5.32 Å². The summed E-state index contributed by atoms with van der Waals surface area (Å²) in [6.07, 6.45) is 4.21. The second-order valence-electron chi connectivity index (χ2n) is 8.45. The average molecular weight is 434 g/mol. The Morgan fingerprint density at radius 3 is 2.34 bits per heavy atom. The van der Waals surface area contributed by atoms with Crippen LogP contribution in [0.4, 0.5) is 5.69 Å². The molecule has 2 aliphatic rings. The molecule has 1 aliphatic heterocycles. The van der Waals surface area contributed by atoms with E-state index in [0.29, 0.717) is 36.4 Å². The van der Waals surface area contributed by atoms with E-state index >= 15 is 0 Å². The minimum atomic E-state index is -0.449. The van der Waals surface area contributed by atoms with Crippen LogP contribution in [0.5, 0.6) is 0 Å². The first-order valence-electron chi connectivity index (χ1n) is 11.0. The largest absolute Gasteiger partial charge is 0.330 e. The van der Waals surface area contributed by atoms with Gasteiger partial charge in [0, 0.05) is 42.5 Å². The van der Waals surface area contributed by atoms with Crippen molar-refractivity contribution in [2.75, 3.05) is 18.4 Å². The lowest BCUT2D eigenvalue weighted by atomic mass is 10.1. The minimum Gasteiger partial charge on any atom is -0.330 e. The van der Waals surface area contributed by atoms with Gasteiger partial charge in [0.2, 0.25) is 0 Å². The fourth-order valence-corrected chi connectivity index (χ4v) is 4.41. The lowest BCUT2D eigenvalue weighted by Crippen LogP contribution is -2.56. The predicted molar refractivity (Wildman–Crippen MR) is 120 cm³/mol. The smallest absolute Gasteiger partial charge is 0.312 e. The van der Waals surface area contributed by atoms with Gasteiger partial charge in [-0.15, -0.1) is 0 Å². The second-order valence-corrected chi connectivity index (χ2v) is 8.45. The predicted octanol–water partition coefficient (Wildman–Crippen LogP) is 3.25. The first kappa shape index (κ1) is 21.7. The van der Waals surface area contributed by atoms with Crippen LogP contribution in [0.25, 0.3) is 0 Å². The molecule has 1 aliphatic carbocycles. The Labute approximate surface area is 187 Å². The fraction of sp³-hybridized carbons (Fsp3) is 0.360. The number of anilines is 1. The third kappa shape index (κ3) is 4.72. The van der Waals surface area contributed by atoms with E-state index in [2.05, 4.69) is 5.32 Å². The molecule has 0 radical (unpaired) electrons. The number of amides is 3. The molecule has 0 atom stereocenters. The van der Waals surface area contributed by atoms with Crippen molar-refractivity contribution in [2.24, 2.45) is 0 Å². The molecule has 3 amide bonds. The molecule has 0 bridgehead atoms. The van der Waals surface area contributed by atoms with Crippen molar-refractivity contribution in [1.29, 1.82) is 0 Å². The van der Waals surface area contributed by atoms with Gasteiger partial charge in [-0.3, -0.25) is 19.2 Å². The first-order chi connectivity index (χ1) is 15.4. The molecule has 0 unspecified atom stereocenters. The Morgan fingerprint density at radius 1 is 0.938 bits per heavy atom. The fourth-order valence-electron chi connectivity index (χ4n) is 4.41. The van der Waals surface area contributed by atoms with E-state index < -0.39 is 11.8 Å². The highest BCUT2D eigenvalue weighted by Gasteiger charge is 2.37. The zero-order valence-electron chi connectivity index (χ0n) is 18.2. The van der Waals surface area contributed by atoms with Crippen LogP contribution in [0.1, 0.15) is 58.9 Å². The summed E-state index contributed by atoms with van der Waals surface area (Å²) in [6, 6.07) is 14.0. The van der Waals surface area contributed by atoms with E-state index in [1.54, 1.807) is 58.3 Å². The van der Waals surface area contributed by atoms with Gasteiger partial charge in [-0.2, -0.15) is 0 Å². The van der Waals surface area contributed by atoms with Gasteiger partial charge in [-0.25, -0.2) is 0 Å². The van der Waals surface area contributed by atoms with E-state index in [1.807, 2.05) is 0 Å². The van der Waals surface area contributed by atoms with Crippen molar-refractivity contribution >= 4 is 29.2 Å². The van der Waals surface area contributed by atoms with Crippen molar-refractivity contribution in [2.45, 2.75) is 45.2 Å². The van der Waals surface area contributed by atoms with E-state index in [0.717, 1.165) is 31.2 Å². The normalized spacial score (nSPS) is 17.0. The molecule has 7 nitrogen and oxygen atoms in total. The van der Waals surface area contributed by atoms with Crippen LogP contribution in [0, 0.1) is 0 Å². The zero-order valence-corrected chi connectivity index (χ0v) is 18.2. The number of carbonyl (C=O) groups excluding carboxylic acids is 4. The van der Waals surface area contributed by atoms with Crippen molar-refractivity contribution in [1.82, 2.24) is 9.80 Å². The van der Waals surface area contributed by atoms with Gasteiger partial charge in [-0.1, -0.05) is 37.1 Å². The SMILES string of the molecule is CC(=O)c1cccc(NC(=O)c2ccc(CN3CCN(C4CCCC4)C(=O)C3=O)cc2)c1. The summed E-state index contributed by atoms with van der Waals surface area (Å²) in [4.78, 5) is 52.5. The van der Waals surface area contributed by atoms with Gasteiger partial charge >= 0.3 is 11.8 Å². The molecule has 1 saturated carbocycles. The summed E-state index contributed by atoms with van der Waals surface area (Å²) >= 11 is 0. The lowest BCUT2D eigenvalue weighted by Gasteiger charge is -2.37. The number of ketones is 1. The Hall–Kier alpha value is -3.48. The maximum Gasteiger partial charge on any atom is 0.312 e. The topological polar surface area (TPSA) is 86.8 Å². The third-order valence-electron chi connectivity index (χ3n) is 6.22. The standard InChI is InChI=1S/C25H27N3O4/c1-17(29)20-5-4-6-21(15-20)26-23(30)19-11-9-18(10-12-19)16-27-13-14-28(25(32)24(27)31)22-7-2-3-8-22/h4-6,9-12,15,22H,2-3,7-8,13-14,16H2,1H3,(H,26,30). The molecule has 4 rings (SSSR count). The van der Waals surface area contributed by atoms with Gasteiger partial charge < -0.3 is 15.1 Å². The van der Waals surface area contributed by atoms with Crippen LogP contribution >= 0.6 is 0 Å². The van der Waals surface area contributed by atoms with Crippen LogP contribution in [0.15, 0.2) is 48.5 Å². The summed E-state index contributed by atoms with van der Waals surface area (Å²) in [7, 11) is 0. The minimum absolute atomic E-state index is 0.0671. The molecule has 2 aromatic carbocycles. The molecular formula is C25H27N3O4. The molecule has 166 valence electrons. The summed E-state index contributed by atoms with van der Waals surface area (Å²) in [6.45, 7) is 2.92. The van der Waals surface area contributed by atoms with Gasteiger partial charge in [0.25, 0.3) is 5.91 Å². The summed E-state index contributed by atoms with van der Waals surface area (Å²) in [5.41, 5.74) is 2.41. The number of hydrogen-bond donors (Lipinski definition) is 1. The summed E-state index contributed by atoms with van der Waals surface area (Å²) < 4.78 is 0. The molecular weight excluding hydrogens is 406 g/mol. The highest BCUT2D eigenvalue weighted by atomic mass is 16.2. The van der Waals surface area contributed by atoms with Crippen LogP contribution in [0.2, 0.25) is 0 Å². The third-order valence-corrected chi connectivity index (χ3v) is 6.22. The summed E-state index contributed by atoms with van der Waals surface area (Å²) in [5, 5.41) is 2.79. The number of Topliss-reactive ketones (excluding diaryl/α,β-unsaturated/α-hetero) is 1. The maximum atomic E-state index is 12.6. The molecule has 1 saturated heterocycles. The highest BCUT2D eigenvalue weighted by Crippen LogP contribution is 2.25. The number of rotatable bonds is 6. The Kier molecular flexibility index (Phi) is 6.35. The highest BCUT2D eigenvalue weighted by molar-refractivity contribution is 6.35. The van der Waals surface area contributed by atoms with Crippen molar-refractivity contribution in [3.63, 3.8) is 0 Å². The first-order valence-corrected chi connectivity index (χ1v) is 11.0. The van der Waals surface area contributed by atoms with E-state index in [1.165, 1.54) is 6.92 Å². The monoisotopic (exact) mass is 433 g/mol. The van der Waals surface area contributed by atoms with Gasteiger partial charge in [0.05, 0.1) is 0 Å². The quantitative estimate of drug-likeness (QED) is 0.560. The molecule has 32 heavy (non-hydrogen) atoms. The number of nitrogens with one attached hydrogen (secondary N) is 1.